The lowest BCUT2D eigenvalue weighted by molar-refractivity contribution is 0.649. The minimum absolute atomic E-state index is 0.598. The van der Waals surface area contributed by atoms with Crippen LogP contribution in [0, 0.1) is 5.92 Å². The molecule has 0 unspecified atom stereocenters. The van der Waals surface area contributed by atoms with Crippen LogP contribution in [-0.4, -0.2) is 13.3 Å². The highest BCUT2D eigenvalue weighted by Gasteiger charge is 2.01. The van der Waals surface area contributed by atoms with E-state index in [9.17, 15) is 0 Å². The SMILES string of the molecule is C/C=C/C=C\C(=C\C(NN)=C(/C)C=NC)CC(C)C.CC. The molecule has 0 spiro atoms. The van der Waals surface area contributed by atoms with E-state index in [1.807, 2.05) is 45.9 Å². The van der Waals surface area contributed by atoms with E-state index >= 15 is 0 Å². The molecule has 0 saturated heterocycles. The summed E-state index contributed by atoms with van der Waals surface area (Å²) in [6.45, 7) is 12.4. The molecule has 0 fully saturated rings. The molecular weight excluding hydrogens is 258 g/mol. The van der Waals surface area contributed by atoms with E-state index in [0.717, 1.165) is 17.7 Å². The summed E-state index contributed by atoms with van der Waals surface area (Å²) >= 11 is 0. The van der Waals surface area contributed by atoms with Crippen molar-refractivity contribution in [2.75, 3.05) is 7.05 Å². The Balaban J connectivity index is 0. The molecule has 0 saturated carbocycles. The van der Waals surface area contributed by atoms with Crippen LogP contribution in [0.4, 0.5) is 0 Å². The molecule has 0 heterocycles. The van der Waals surface area contributed by atoms with Crippen molar-refractivity contribution >= 4 is 6.21 Å². The van der Waals surface area contributed by atoms with Gasteiger partial charge in [0, 0.05) is 13.3 Å². The van der Waals surface area contributed by atoms with Gasteiger partial charge < -0.3 is 5.43 Å². The Morgan fingerprint density at radius 1 is 1.24 bits per heavy atom. The molecule has 3 N–H and O–H groups in total. The van der Waals surface area contributed by atoms with E-state index in [4.69, 9.17) is 5.84 Å². The monoisotopic (exact) mass is 291 g/mol. The lowest BCUT2D eigenvalue weighted by Gasteiger charge is -2.09. The molecule has 3 nitrogen and oxygen atoms in total. The third kappa shape index (κ3) is 11.9. The summed E-state index contributed by atoms with van der Waals surface area (Å²) in [5, 5.41) is 0. The first-order chi connectivity index (χ1) is 10.0. The zero-order valence-corrected chi connectivity index (χ0v) is 14.8. The third-order valence-electron chi connectivity index (χ3n) is 2.49. The van der Waals surface area contributed by atoms with Crippen LogP contribution in [-0.2, 0) is 0 Å². The number of hydrogen-bond acceptors (Lipinski definition) is 3. The molecule has 0 bridgehead atoms. The second kappa shape index (κ2) is 14.8. The maximum atomic E-state index is 5.59. The Bertz CT molecular complexity index is 397. The van der Waals surface area contributed by atoms with Gasteiger partial charge in [-0.05, 0) is 43.4 Å². The van der Waals surface area contributed by atoms with Crippen molar-refractivity contribution in [1.29, 1.82) is 0 Å². The fourth-order valence-corrected chi connectivity index (χ4v) is 1.65. The predicted octanol–water partition coefficient (Wildman–Crippen LogP) is 4.56. The Kier molecular flexibility index (Phi) is 15.3. The van der Waals surface area contributed by atoms with E-state index in [0.29, 0.717) is 5.92 Å². The molecule has 3 heteroatoms. The molecule has 0 atom stereocenters. The summed E-state index contributed by atoms with van der Waals surface area (Å²) in [6, 6.07) is 0. The van der Waals surface area contributed by atoms with E-state index in [2.05, 4.69) is 36.4 Å². The second-order valence-electron chi connectivity index (χ2n) is 4.83. The largest absolute Gasteiger partial charge is 0.324 e. The van der Waals surface area contributed by atoms with E-state index in [1.54, 1.807) is 13.3 Å². The van der Waals surface area contributed by atoms with Crippen molar-refractivity contribution in [2.24, 2.45) is 16.8 Å². The van der Waals surface area contributed by atoms with Crippen molar-refractivity contribution in [3.8, 4) is 0 Å². The minimum Gasteiger partial charge on any atom is -0.324 e. The van der Waals surface area contributed by atoms with Crippen LogP contribution in [0.1, 0.15) is 48.0 Å². The molecule has 120 valence electrons. The smallest absolute Gasteiger partial charge is 0.0532 e. The standard InChI is InChI=1S/C16H27N3.C2H6/c1-6-7-8-9-15(10-13(2)3)11-16(19-17)14(4)12-18-5;1-2/h6-9,11-13,19H,10,17H2,1-5H3;1-2H3/b7-6+,9-8-,15-11-,16-14-,18-12?;. The number of nitrogens with one attached hydrogen (secondary N) is 1. The highest BCUT2D eigenvalue weighted by atomic mass is 15.2. The van der Waals surface area contributed by atoms with Crippen LogP contribution in [0.5, 0.6) is 0 Å². The first-order valence-corrected chi connectivity index (χ1v) is 7.64. The number of allylic oxidation sites excluding steroid dienone is 7. The molecular formula is C18H33N3. The second-order valence-corrected chi connectivity index (χ2v) is 4.83. The van der Waals surface area contributed by atoms with Crippen molar-refractivity contribution < 1.29 is 0 Å². The van der Waals surface area contributed by atoms with Gasteiger partial charge >= 0.3 is 0 Å². The van der Waals surface area contributed by atoms with Gasteiger partial charge in [-0.15, -0.1) is 0 Å². The Morgan fingerprint density at radius 3 is 2.29 bits per heavy atom. The maximum absolute atomic E-state index is 5.59. The first-order valence-electron chi connectivity index (χ1n) is 7.64. The molecule has 21 heavy (non-hydrogen) atoms. The fourth-order valence-electron chi connectivity index (χ4n) is 1.65. The van der Waals surface area contributed by atoms with Gasteiger partial charge in [0.15, 0.2) is 0 Å². The number of nitrogens with zero attached hydrogens (tertiary/aromatic N) is 1. The van der Waals surface area contributed by atoms with Crippen molar-refractivity contribution in [1.82, 2.24) is 5.43 Å². The molecule has 0 aliphatic heterocycles. The highest BCUT2D eigenvalue weighted by Crippen LogP contribution is 2.15. The topological polar surface area (TPSA) is 50.4 Å². The third-order valence-corrected chi connectivity index (χ3v) is 2.49. The van der Waals surface area contributed by atoms with Gasteiger partial charge in [0.2, 0.25) is 0 Å². The fraction of sp³-hybridized carbons (Fsp3) is 0.500. The van der Waals surface area contributed by atoms with Crippen LogP contribution in [0.25, 0.3) is 0 Å². The average molecular weight is 291 g/mol. The molecule has 0 amide bonds. The van der Waals surface area contributed by atoms with Crippen LogP contribution in [0.15, 0.2) is 52.2 Å². The van der Waals surface area contributed by atoms with Gasteiger partial charge in [0.1, 0.15) is 0 Å². The summed E-state index contributed by atoms with van der Waals surface area (Å²) in [6.07, 6.45) is 13.1. The van der Waals surface area contributed by atoms with E-state index in [1.165, 1.54) is 5.57 Å². The normalized spacial score (nSPS) is 13.9. The van der Waals surface area contributed by atoms with Gasteiger partial charge in [0.05, 0.1) is 5.70 Å². The summed E-state index contributed by atoms with van der Waals surface area (Å²) < 4.78 is 0. The molecule has 0 radical (unpaired) electrons. The van der Waals surface area contributed by atoms with Crippen LogP contribution in [0.2, 0.25) is 0 Å². The molecule has 0 aliphatic carbocycles. The minimum atomic E-state index is 0.598. The average Bonchev–Trinajstić information content (AvgIpc) is 2.46. The Morgan fingerprint density at radius 2 is 1.86 bits per heavy atom. The van der Waals surface area contributed by atoms with Crippen molar-refractivity contribution in [3.05, 3.63) is 47.2 Å². The lowest BCUT2D eigenvalue weighted by atomic mass is 10.0. The van der Waals surface area contributed by atoms with Gasteiger partial charge in [-0.2, -0.15) is 0 Å². The first kappa shape index (κ1) is 21.7. The van der Waals surface area contributed by atoms with Gasteiger partial charge in [-0.25, -0.2) is 0 Å². The van der Waals surface area contributed by atoms with Crippen molar-refractivity contribution in [2.45, 2.75) is 48.0 Å². The molecule has 0 rings (SSSR count). The molecule has 0 aromatic heterocycles. The number of hydrogen-bond donors (Lipinski definition) is 2. The summed E-state index contributed by atoms with van der Waals surface area (Å²) in [5.41, 5.74) is 5.90. The van der Waals surface area contributed by atoms with Gasteiger partial charge in [-0.3, -0.25) is 10.8 Å². The summed E-state index contributed by atoms with van der Waals surface area (Å²) in [4.78, 5) is 4.01. The van der Waals surface area contributed by atoms with Gasteiger partial charge in [0.25, 0.3) is 0 Å². The quantitative estimate of drug-likeness (QED) is 0.313. The molecule has 0 aliphatic rings. The number of hydrazine groups is 1. The van der Waals surface area contributed by atoms with E-state index < -0.39 is 0 Å². The van der Waals surface area contributed by atoms with Crippen LogP contribution < -0.4 is 11.3 Å². The molecule has 0 aromatic rings. The number of rotatable bonds is 7. The van der Waals surface area contributed by atoms with E-state index in [-0.39, 0.29) is 0 Å². The van der Waals surface area contributed by atoms with Crippen LogP contribution in [0.3, 0.4) is 0 Å². The zero-order valence-electron chi connectivity index (χ0n) is 14.8. The van der Waals surface area contributed by atoms with Crippen molar-refractivity contribution in [3.63, 3.8) is 0 Å². The lowest BCUT2D eigenvalue weighted by Crippen LogP contribution is -2.21. The van der Waals surface area contributed by atoms with Crippen LogP contribution >= 0.6 is 0 Å². The maximum Gasteiger partial charge on any atom is 0.0532 e. The predicted molar refractivity (Wildman–Crippen MR) is 97.3 cm³/mol. The summed E-state index contributed by atoms with van der Waals surface area (Å²) in [7, 11) is 1.75. The zero-order chi connectivity index (χ0) is 16.7. The highest BCUT2D eigenvalue weighted by molar-refractivity contribution is 5.79. The number of nitrogens with two attached hydrogens (primary N) is 1. The summed E-state index contributed by atoms with van der Waals surface area (Å²) in [5.74, 6) is 6.18. The van der Waals surface area contributed by atoms with Gasteiger partial charge in [-0.1, -0.05) is 52.0 Å². The Labute approximate surface area is 131 Å². The number of aliphatic imine (C=N–C) groups is 1. The Hall–Kier alpha value is -1.61. The molecule has 0 aromatic carbocycles.